The monoisotopic (exact) mass is 1060 g/mol. The molecule has 0 spiro atoms. The fourth-order valence-electron chi connectivity index (χ4n) is 9.37. The molecule has 3 saturated heterocycles. The number of hydrogen-bond donors (Lipinski definition) is 4. The molecule has 3 aromatic carbocycles. The summed E-state index contributed by atoms with van der Waals surface area (Å²) in [6.45, 7) is 22.8. The molecule has 6 atom stereocenters. The number of amides is 2. The molecule has 3 fully saturated rings. The van der Waals surface area contributed by atoms with Gasteiger partial charge in [0.2, 0.25) is 0 Å². The third-order valence-electron chi connectivity index (χ3n) is 12.1. The molecule has 388 valence electrons. The largest absolute Gasteiger partial charge is 0.444 e. The summed E-state index contributed by atoms with van der Waals surface area (Å²) in [7, 11) is 0. The second-order valence-corrected chi connectivity index (χ2v) is 22.2. The maximum Gasteiger partial charge on any atom is 0.407 e. The molecule has 0 saturated carbocycles. The molecule has 6 heterocycles. The van der Waals surface area contributed by atoms with Crippen molar-refractivity contribution < 1.29 is 32.2 Å². The van der Waals surface area contributed by atoms with Crippen LogP contribution in [-0.2, 0) is 9.47 Å². The van der Waals surface area contributed by atoms with Crippen LogP contribution in [0.1, 0.15) is 81.6 Å². The molecular weight excluding hydrogens is 988 g/mol. The predicted octanol–water partition coefficient (Wildman–Crippen LogP) is 11.3. The standard InChI is InChI=1S/C20H26FN3O2.C15H18FN3.C11H22N2O2.C9H5BrFN/c1-13-10-14(23-19(25)26-20(2,3)4)12-24(11-13)17-8-7-16(21)18-15(17)6-5-9-22-18;1-10-7-11(17)9-19(8-10)14-5-4-13(16)15-12(14)3-2-6-18-15;1-8-5-9(7-12-6-8)13-10(14)15-11(2,3)4;10-7-3-4-8(11)9-6(7)2-1-5-12-9/h5-9,13-14H,10-12H2,1-4H3,(H,23,25);2-6,10-11H,7-9,17H2,1H3;8-9,12H,5-7H2,1-4H3,(H,13,14);1-5H/t13-,14+;10-,11+;8-,9+;/m000./s1. The van der Waals surface area contributed by atoms with E-state index in [9.17, 15) is 22.8 Å². The first-order valence-corrected chi connectivity index (χ1v) is 25.5. The van der Waals surface area contributed by atoms with Crippen LogP contribution >= 0.6 is 15.9 Å². The molecule has 5 N–H and O–H groups in total. The molecule has 9 rings (SSSR count). The van der Waals surface area contributed by atoms with Crippen LogP contribution in [0, 0.1) is 35.2 Å². The third-order valence-corrected chi connectivity index (χ3v) is 12.8. The molecular formula is C55H71BrF3N9O4. The second-order valence-electron chi connectivity index (χ2n) is 21.3. The zero-order valence-corrected chi connectivity index (χ0v) is 44.5. The van der Waals surface area contributed by atoms with Gasteiger partial charge in [-0.3, -0.25) is 15.0 Å². The van der Waals surface area contributed by atoms with Gasteiger partial charge in [0.15, 0.2) is 0 Å². The van der Waals surface area contributed by atoms with Crippen LogP contribution in [0.25, 0.3) is 32.7 Å². The van der Waals surface area contributed by atoms with Crippen LogP contribution in [-0.4, -0.2) is 95.7 Å². The molecule has 13 nitrogen and oxygen atoms in total. The van der Waals surface area contributed by atoms with Crippen molar-refractivity contribution >= 4 is 72.2 Å². The Labute approximate surface area is 430 Å². The topological polar surface area (TPSA) is 160 Å². The number of pyridine rings is 3. The van der Waals surface area contributed by atoms with Crippen LogP contribution in [0.3, 0.4) is 0 Å². The predicted molar refractivity (Wildman–Crippen MR) is 286 cm³/mol. The first kappa shape index (κ1) is 55.5. The normalized spacial score (nSPS) is 21.2. The maximum atomic E-state index is 14.1. The van der Waals surface area contributed by atoms with Gasteiger partial charge in [-0.2, -0.15) is 0 Å². The van der Waals surface area contributed by atoms with Gasteiger partial charge < -0.3 is 41.0 Å². The van der Waals surface area contributed by atoms with Crippen LogP contribution in [0.2, 0.25) is 0 Å². The van der Waals surface area contributed by atoms with E-state index in [1.54, 1.807) is 36.8 Å². The average Bonchev–Trinajstić information content (AvgIpc) is 3.30. The molecule has 0 bridgehead atoms. The Hall–Kier alpha value is -5.78. The van der Waals surface area contributed by atoms with Crippen LogP contribution < -0.4 is 31.5 Å². The number of anilines is 2. The van der Waals surface area contributed by atoms with E-state index < -0.39 is 17.3 Å². The van der Waals surface area contributed by atoms with Gasteiger partial charge in [0.05, 0.1) is 0 Å². The van der Waals surface area contributed by atoms with Crippen molar-refractivity contribution in [3.8, 4) is 0 Å². The van der Waals surface area contributed by atoms with Crippen molar-refractivity contribution in [1.29, 1.82) is 0 Å². The number of piperidine rings is 3. The minimum atomic E-state index is -0.525. The average molecular weight is 1060 g/mol. The lowest BCUT2D eigenvalue weighted by Gasteiger charge is -2.38. The van der Waals surface area contributed by atoms with Gasteiger partial charge in [-0.05, 0) is 152 Å². The fourth-order valence-corrected chi connectivity index (χ4v) is 9.82. The van der Waals surface area contributed by atoms with Crippen LogP contribution in [0.5, 0.6) is 0 Å². The molecule has 0 unspecified atom stereocenters. The summed E-state index contributed by atoms with van der Waals surface area (Å²) in [5, 5.41) is 11.6. The van der Waals surface area contributed by atoms with E-state index in [0.717, 1.165) is 84.0 Å². The Balaban J connectivity index is 0.000000163. The van der Waals surface area contributed by atoms with Gasteiger partial charge in [-0.25, -0.2) is 22.8 Å². The van der Waals surface area contributed by atoms with E-state index in [4.69, 9.17) is 15.2 Å². The molecule has 3 aliphatic rings. The minimum Gasteiger partial charge on any atom is -0.444 e. The number of alkyl carbamates (subject to hydrolysis) is 2. The SMILES string of the molecule is C[C@@H]1CNC[C@H](NC(=O)OC(C)(C)C)C1.C[C@H]1C[C@@H](N)CN(c2ccc(F)c3ncccc23)C1.C[C@H]1C[C@@H](NC(=O)OC(C)(C)C)CN(c2ccc(F)c3ncccc23)C1.Fc1ccc(Br)c2cccnc12. The Morgan fingerprint density at radius 2 is 1.03 bits per heavy atom. The zero-order chi connectivity index (χ0) is 52.3. The lowest BCUT2D eigenvalue weighted by molar-refractivity contribution is 0.0481. The Kier molecular flexibility index (Phi) is 19.1. The smallest absolute Gasteiger partial charge is 0.407 e. The molecule has 3 aliphatic heterocycles. The number of benzene rings is 3. The Bertz CT molecular complexity index is 2720. The maximum absolute atomic E-state index is 14.1. The fraction of sp³-hybridized carbons (Fsp3) is 0.473. The van der Waals surface area contributed by atoms with E-state index in [2.05, 4.69) is 77.4 Å². The summed E-state index contributed by atoms with van der Waals surface area (Å²) < 4.78 is 52.4. The number of nitrogens with two attached hydrogens (primary N) is 1. The van der Waals surface area contributed by atoms with E-state index in [1.165, 1.54) is 18.2 Å². The van der Waals surface area contributed by atoms with Crippen molar-refractivity contribution in [2.24, 2.45) is 23.5 Å². The molecule has 6 aromatic rings. The quantitative estimate of drug-likeness (QED) is 0.133. The number of rotatable bonds is 4. The van der Waals surface area contributed by atoms with E-state index >= 15 is 0 Å². The van der Waals surface area contributed by atoms with E-state index in [0.29, 0.717) is 40.8 Å². The summed E-state index contributed by atoms with van der Waals surface area (Å²) in [6, 6.07) is 21.1. The Morgan fingerprint density at radius 1 is 0.597 bits per heavy atom. The molecule has 0 aliphatic carbocycles. The molecule has 2 amide bonds. The highest BCUT2D eigenvalue weighted by Crippen LogP contribution is 2.33. The first-order valence-electron chi connectivity index (χ1n) is 24.7. The van der Waals surface area contributed by atoms with Crippen LogP contribution in [0.4, 0.5) is 34.1 Å². The van der Waals surface area contributed by atoms with Crippen LogP contribution in [0.15, 0.2) is 95.9 Å². The van der Waals surface area contributed by atoms with Gasteiger partial charge in [-0.1, -0.05) is 42.8 Å². The summed E-state index contributed by atoms with van der Waals surface area (Å²) in [5.41, 5.74) is 8.35. The van der Waals surface area contributed by atoms with Crippen molar-refractivity contribution in [3.05, 3.63) is 113 Å². The number of hydrogen-bond acceptors (Lipinski definition) is 11. The van der Waals surface area contributed by atoms with Crippen molar-refractivity contribution in [1.82, 2.24) is 30.9 Å². The molecule has 0 radical (unpaired) electrons. The Morgan fingerprint density at radius 3 is 1.50 bits per heavy atom. The highest BCUT2D eigenvalue weighted by Gasteiger charge is 2.30. The van der Waals surface area contributed by atoms with Gasteiger partial charge in [0, 0.05) is 101 Å². The lowest BCUT2D eigenvalue weighted by Crippen LogP contribution is -2.51. The third kappa shape index (κ3) is 16.1. The summed E-state index contributed by atoms with van der Waals surface area (Å²) in [5.74, 6) is 0.681. The minimum absolute atomic E-state index is 0.0228. The lowest BCUT2D eigenvalue weighted by atomic mass is 9.95. The highest BCUT2D eigenvalue weighted by atomic mass is 79.9. The van der Waals surface area contributed by atoms with E-state index in [-0.39, 0.29) is 41.7 Å². The molecule has 17 heteroatoms. The van der Waals surface area contributed by atoms with Crippen molar-refractivity contribution in [3.63, 3.8) is 0 Å². The van der Waals surface area contributed by atoms with Gasteiger partial charge >= 0.3 is 12.2 Å². The number of aromatic nitrogens is 3. The van der Waals surface area contributed by atoms with Crippen molar-refractivity contribution in [2.45, 2.75) is 111 Å². The summed E-state index contributed by atoms with van der Waals surface area (Å²) in [4.78, 5) is 40.3. The summed E-state index contributed by atoms with van der Waals surface area (Å²) >= 11 is 3.32. The number of nitrogens with one attached hydrogen (secondary N) is 3. The number of halogens is 4. The van der Waals surface area contributed by atoms with Crippen molar-refractivity contribution in [2.75, 3.05) is 49.1 Å². The van der Waals surface area contributed by atoms with Gasteiger partial charge in [-0.15, -0.1) is 0 Å². The second kappa shape index (κ2) is 24.8. The first-order chi connectivity index (χ1) is 34.0. The number of ether oxygens (including phenoxy) is 2. The van der Waals surface area contributed by atoms with E-state index in [1.807, 2.05) is 77.9 Å². The van der Waals surface area contributed by atoms with Gasteiger partial charge in [0.25, 0.3) is 0 Å². The summed E-state index contributed by atoms with van der Waals surface area (Å²) in [6.07, 6.45) is 7.04. The number of nitrogens with zero attached hydrogens (tertiary/aromatic N) is 5. The number of carbonyl (C=O) groups is 2. The number of carbonyl (C=O) groups excluding carboxylic acids is 2. The molecule has 3 aromatic heterocycles. The number of fused-ring (bicyclic) bond motifs is 3. The highest BCUT2D eigenvalue weighted by molar-refractivity contribution is 9.10. The molecule has 72 heavy (non-hydrogen) atoms. The zero-order valence-electron chi connectivity index (χ0n) is 42.9. The van der Waals surface area contributed by atoms with Gasteiger partial charge in [0.1, 0.15) is 45.2 Å².